The van der Waals surface area contributed by atoms with E-state index in [0.717, 1.165) is 49.8 Å². The molecule has 1 aliphatic rings. The van der Waals surface area contributed by atoms with Crippen LogP contribution in [-0.4, -0.2) is 55.5 Å². The summed E-state index contributed by atoms with van der Waals surface area (Å²) >= 11 is 7.37. The van der Waals surface area contributed by atoms with Crippen LogP contribution >= 0.6 is 22.9 Å². The Morgan fingerprint density at radius 1 is 1.36 bits per heavy atom. The number of ether oxygens (including phenoxy) is 1. The monoisotopic (exact) mass is 420 g/mol. The standard InChI is InChI=1S/C22H29ClN2O2S/c1-3-25(22(26)20-9-10-21(23)28-20)16-18-7-5-12-24(15-18)13-11-17-6-4-8-19(14-17)27-2/h4,6,8-10,14,18H,3,5,7,11-13,15-16H2,1-2H3. The summed E-state index contributed by atoms with van der Waals surface area (Å²) in [6.07, 6.45) is 3.40. The molecule has 0 spiro atoms. The molecule has 4 nitrogen and oxygen atoms in total. The highest BCUT2D eigenvalue weighted by Crippen LogP contribution is 2.24. The number of thiophene rings is 1. The van der Waals surface area contributed by atoms with Crippen molar-refractivity contribution in [2.45, 2.75) is 26.2 Å². The van der Waals surface area contributed by atoms with Gasteiger partial charge in [0.15, 0.2) is 0 Å². The smallest absolute Gasteiger partial charge is 0.263 e. The summed E-state index contributed by atoms with van der Waals surface area (Å²) in [5.74, 6) is 1.55. The Morgan fingerprint density at radius 2 is 2.21 bits per heavy atom. The maximum atomic E-state index is 12.8. The number of carbonyl (C=O) groups excluding carboxylic acids is 1. The molecule has 0 N–H and O–H groups in total. The first kappa shape index (κ1) is 21.2. The average molecular weight is 421 g/mol. The van der Waals surface area contributed by atoms with Crippen LogP contribution < -0.4 is 4.74 Å². The first-order valence-corrected chi connectivity index (χ1v) is 11.2. The van der Waals surface area contributed by atoms with Crippen LogP contribution in [0.5, 0.6) is 5.75 Å². The van der Waals surface area contributed by atoms with Crippen molar-refractivity contribution in [3.8, 4) is 5.75 Å². The van der Waals surface area contributed by atoms with E-state index in [4.69, 9.17) is 16.3 Å². The van der Waals surface area contributed by atoms with Gasteiger partial charge in [-0.1, -0.05) is 23.7 Å². The van der Waals surface area contributed by atoms with Crippen LogP contribution in [0.1, 0.15) is 35.0 Å². The second kappa shape index (κ2) is 10.3. The lowest BCUT2D eigenvalue weighted by molar-refractivity contribution is 0.0695. The Bertz CT molecular complexity index is 779. The van der Waals surface area contributed by atoms with Gasteiger partial charge in [0.05, 0.1) is 16.3 Å². The number of rotatable bonds is 8. The summed E-state index contributed by atoms with van der Waals surface area (Å²) in [6.45, 7) is 6.84. The minimum absolute atomic E-state index is 0.105. The number of likely N-dealkylation sites (tertiary alicyclic amines) is 1. The van der Waals surface area contributed by atoms with Crippen molar-refractivity contribution >= 4 is 28.8 Å². The molecule has 1 fully saturated rings. The summed E-state index contributed by atoms with van der Waals surface area (Å²) in [5.41, 5.74) is 1.31. The third-order valence-electron chi connectivity index (χ3n) is 5.39. The minimum atomic E-state index is 0.105. The molecule has 1 aromatic heterocycles. The SMILES string of the molecule is CCN(CC1CCCN(CCc2cccc(OC)c2)C1)C(=O)c1ccc(Cl)s1. The summed E-state index contributed by atoms with van der Waals surface area (Å²) in [5, 5.41) is 0. The van der Waals surface area contributed by atoms with Crippen LogP contribution in [0.3, 0.4) is 0 Å². The van der Waals surface area contributed by atoms with E-state index < -0.39 is 0 Å². The van der Waals surface area contributed by atoms with E-state index in [1.807, 2.05) is 17.0 Å². The molecule has 2 aromatic rings. The Balaban J connectivity index is 1.52. The van der Waals surface area contributed by atoms with E-state index in [9.17, 15) is 4.79 Å². The Hall–Kier alpha value is -1.56. The van der Waals surface area contributed by atoms with Crippen molar-refractivity contribution in [2.75, 3.05) is 39.8 Å². The lowest BCUT2D eigenvalue weighted by atomic mass is 9.96. The number of nitrogens with zero attached hydrogens (tertiary/aromatic N) is 2. The Kier molecular flexibility index (Phi) is 7.77. The molecule has 28 heavy (non-hydrogen) atoms. The number of benzene rings is 1. The lowest BCUT2D eigenvalue weighted by Gasteiger charge is -2.35. The lowest BCUT2D eigenvalue weighted by Crippen LogP contribution is -2.43. The summed E-state index contributed by atoms with van der Waals surface area (Å²) in [6, 6.07) is 11.9. The first-order valence-electron chi connectivity index (χ1n) is 9.99. The van der Waals surface area contributed by atoms with Crippen molar-refractivity contribution in [3.05, 3.63) is 51.2 Å². The quantitative estimate of drug-likeness (QED) is 0.613. The number of hydrogen-bond donors (Lipinski definition) is 0. The topological polar surface area (TPSA) is 32.8 Å². The molecule has 1 unspecified atom stereocenters. The number of halogens is 1. The molecule has 0 bridgehead atoms. The van der Waals surface area contributed by atoms with E-state index >= 15 is 0 Å². The molecule has 1 aromatic carbocycles. The second-order valence-electron chi connectivity index (χ2n) is 7.36. The van der Waals surface area contributed by atoms with Gasteiger partial charge in [0.2, 0.25) is 0 Å². The fourth-order valence-corrected chi connectivity index (χ4v) is 4.88. The number of piperidine rings is 1. The van der Waals surface area contributed by atoms with E-state index in [2.05, 4.69) is 30.0 Å². The molecule has 6 heteroatoms. The average Bonchev–Trinajstić information content (AvgIpc) is 3.17. The van der Waals surface area contributed by atoms with Crippen molar-refractivity contribution < 1.29 is 9.53 Å². The van der Waals surface area contributed by atoms with Crippen molar-refractivity contribution in [3.63, 3.8) is 0 Å². The minimum Gasteiger partial charge on any atom is -0.497 e. The molecule has 1 amide bonds. The molecular weight excluding hydrogens is 392 g/mol. The van der Waals surface area contributed by atoms with Gasteiger partial charge in [0.1, 0.15) is 5.75 Å². The molecule has 1 aliphatic heterocycles. The molecular formula is C22H29ClN2O2S. The zero-order chi connectivity index (χ0) is 19.9. The molecule has 0 aliphatic carbocycles. The first-order chi connectivity index (χ1) is 13.6. The zero-order valence-corrected chi connectivity index (χ0v) is 18.3. The maximum absolute atomic E-state index is 12.8. The van der Waals surface area contributed by atoms with Crippen molar-refractivity contribution in [1.29, 1.82) is 0 Å². The predicted octanol–water partition coefficient (Wildman–Crippen LogP) is 4.83. The van der Waals surface area contributed by atoms with E-state index in [0.29, 0.717) is 10.3 Å². The van der Waals surface area contributed by atoms with E-state index in [1.54, 1.807) is 13.2 Å². The summed E-state index contributed by atoms with van der Waals surface area (Å²) < 4.78 is 5.99. The second-order valence-corrected chi connectivity index (χ2v) is 9.07. The van der Waals surface area contributed by atoms with Crippen LogP contribution in [0, 0.1) is 5.92 Å². The number of methoxy groups -OCH3 is 1. The van der Waals surface area contributed by atoms with Gasteiger partial charge in [-0.15, -0.1) is 11.3 Å². The Morgan fingerprint density at radius 3 is 2.93 bits per heavy atom. The highest BCUT2D eigenvalue weighted by atomic mass is 35.5. The largest absolute Gasteiger partial charge is 0.497 e. The van der Waals surface area contributed by atoms with Crippen LogP contribution in [0.15, 0.2) is 36.4 Å². The molecule has 152 valence electrons. The predicted molar refractivity (Wildman–Crippen MR) is 117 cm³/mol. The number of hydrogen-bond acceptors (Lipinski definition) is 4. The molecule has 1 atom stereocenters. The van der Waals surface area contributed by atoms with E-state index in [-0.39, 0.29) is 5.91 Å². The number of carbonyl (C=O) groups is 1. The van der Waals surface area contributed by atoms with Crippen LogP contribution in [0.4, 0.5) is 0 Å². The van der Waals surface area contributed by atoms with Gasteiger partial charge in [-0.25, -0.2) is 0 Å². The highest BCUT2D eigenvalue weighted by Gasteiger charge is 2.24. The molecule has 2 heterocycles. The van der Waals surface area contributed by atoms with Crippen LogP contribution in [0.2, 0.25) is 4.34 Å². The number of amides is 1. The van der Waals surface area contributed by atoms with Gasteiger partial charge in [-0.2, -0.15) is 0 Å². The fourth-order valence-electron chi connectivity index (χ4n) is 3.87. The van der Waals surface area contributed by atoms with Gasteiger partial charge >= 0.3 is 0 Å². The van der Waals surface area contributed by atoms with Gasteiger partial charge in [-0.05, 0) is 68.5 Å². The third-order valence-corrected chi connectivity index (χ3v) is 6.60. The molecule has 3 rings (SSSR count). The Labute approximate surface area is 177 Å². The van der Waals surface area contributed by atoms with Crippen LogP contribution in [-0.2, 0) is 6.42 Å². The van der Waals surface area contributed by atoms with Crippen molar-refractivity contribution in [2.24, 2.45) is 5.92 Å². The normalized spacial score (nSPS) is 17.5. The summed E-state index contributed by atoms with van der Waals surface area (Å²) in [7, 11) is 1.71. The van der Waals surface area contributed by atoms with Crippen molar-refractivity contribution in [1.82, 2.24) is 9.80 Å². The van der Waals surface area contributed by atoms with Gasteiger partial charge in [-0.3, -0.25) is 4.79 Å². The molecule has 1 saturated heterocycles. The van der Waals surface area contributed by atoms with E-state index in [1.165, 1.54) is 29.7 Å². The van der Waals surface area contributed by atoms with Crippen LogP contribution in [0.25, 0.3) is 0 Å². The van der Waals surface area contributed by atoms with Gasteiger partial charge < -0.3 is 14.5 Å². The zero-order valence-electron chi connectivity index (χ0n) is 16.7. The summed E-state index contributed by atoms with van der Waals surface area (Å²) in [4.78, 5) is 18.0. The highest BCUT2D eigenvalue weighted by molar-refractivity contribution is 7.17. The third kappa shape index (κ3) is 5.72. The fraction of sp³-hybridized carbons (Fsp3) is 0.500. The van der Waals surface area contributed by atoms with Gasteiger partial charge in [0, 0.05) is 26.2 Å². The molecule has 0 saturated carbocycles. The maximum Gasteiger partial charge on any atom is 0.263 e. The molecule has 0 radical (unpaired) electrons. The van der Waals surface area contributed by atoms with Gasteiger partial charge in [0.25, 0.3) is 5.91 Å².